The number of esters is 1. The van der Waals surface area contributed by atoms with Gasteiger partial charge in [-0.05, 0) is 56.7 Å². The molecule has 0 radical (unpaired) electrons. The Morgan fingerprint density at radius 3 is 2.62 bits per heavy atom. The molecule has 0 fully saturated rings. The molecule has 0 spiro atoms. The van der Waals surface area contributed by atoms with Crippen molar-refractivity contribution in [1.82, 2.24) is 9.38 Å². The maximum Gasteiger partial charge on any atom is 0.338 e. The van der Waals surface area contributed by atoms with Crippen molar-refractivity contribution in [2.24, 2.45) is 10.2 Å². The first kappa shape index (κ1) is 15.9. The van der Waals surface area contributed by atoms with Crippen molar-refractivity contribution in [2.45, 2.75) is 20.8 Å². The van der Waals surface area contributed by atoms with E-state index in [0.29, 0.717) is 23.7 Å². The number of aromatic nitrogens is 2. The minimum atomic E-state index is -0.339. The van der Waals surface area contributed by atoms with Gasteiger partial charge in [-0.1, -0.05) is 6.07 Å². The van der Waals surface area contributed by atoms with Crippen LogP contribution in [0.1, 0.15) is 28.5 Å². The van der Waals surface area contributed by atoms with Gasteiger partial charge in [-0.15, -0.1) is 10.2 Å². The van der Waals surface area contributed by atoms with Crippen LogP contribution in [-0.2, 0) is 4.74 Å². The molecule has 6 nitrogen and oxygen atoms in total. The fourth-order valence-corrected chi connectivity index (χ4v) is 2.41. The Balaban J connectivity index is 1.88. The highest BCUT2D eigenvalue weighted by Crippen LogP contribution is 2.25. The summed E-state index contributed by atoms with van der Waals surface area (Å²) < 4.78 is 6.88. The molecule has 0 saturated carbocycles. The zero-order valence-corrected chi connectivity index (χ0v) is 13.9. The summed E-state index contributed by atoms with van der Waals surface area (Å²) in [6, 6.07) is 10.8. The van der Waals surface area contributed by atoms with Crippen LogP contribution in [0.25, 0.3) is 5.65 Å². The SMILES string of the molecule is CCOC(=O)c1ccc(N=Nc2c(C)nc3c(C)cccn23)cc1. The number of nitrogens with zero attached hydrogens (tertiary/aromatic N) is 4. The maximum absolute atomic E-state index is 11.6. The van der Waals surface area contributed by atoms with Crippen LogP contribution in [-0.4, -0.2) is 22.0 Å². The van der Waals surface area contributed by atoms with E-state index < -0.39 is 0 Å². The molecule has 1 aromatic carbocycles. The van der Waals surface area contributed by atoms with Gasteiger partial charge < -0.3 is 4.74 Å². The highest BCUT2D eigenvalue weighted by atomic mass is 16.5. The molecule has 0 N–H and O–H groups in total. The van der Waals surface area contributed by atoms with E-state index in [1.54, 1.807) is 31.2 Å². The average molecular weight is 322 g/mol. The number of pyridine rings is 1. The Hall–Kier alpha value is -3.02. The molecule has 3 aromatic rings. The second-order valence-electron chi connectivity index (χ2n) is 5.37. The fraction of sp³-hybridized carbons (Fsp3) is 0.222. The summed E-state index contributed by atoms with van der Waals surface area (Å²) in [5.74, 6) is 0.359. The molecule has 24 heavy (non-hydrogen) atoms. The zero-order valence-electron chi connectivity index (χ0n) is 13.9. The third-order valence-corrected chi connectivity index (χ3v) is 3.63. The molecular formula is C18H18N4O2. The van der Waals surface area contributed by atoms with Crippen LogP contribution in [0.15, 0.2) is 52.8 Å². The quantitative estimate of drug-likeness (QED) is 0.523. The van der Waals surface area contributed by atoms with Crippen molar-refractivity contribution < 1.29 is 9.53 Å². The first-order chi connectivity index (χ1) is 11.6. The van der Waals surface area contributed by atoms with E-state index in [-0.39, 0.29) is 5.97 Å². The normalized spacial score (nSPS) is 11.3. The van der Waals surface area contributed by atoms with Crippen LogP contribution in [0.3, 0.4) is 0 Å². The Morgan fingerprint density at radius 1 is 1.17 bits per heavy atom. The number of azo groups is 1. The van der Waals surface area contributed by atoms with Crippen LogP contribution in [0.4, 0.5) is 11.5 Å². The van der Waals surface area contributed by atoms with Gasteiger partial charge in [-0.3, -0.25) is 4.40 Å². The van der Waals surface area contributed by atoms with Crippen LogP contribution >= 0.6 is 0 Å². The Kier molecular flexibility index (Phi) is 4.37. The van der Waals surface area contributed by atoms with Gasteiger partial charge in [0.2, 0.25) is 0 Å². The molecule has 0 atom stereocenters. The summed E-state index contributed by atoms with van der Waals surface area (Å²) in [5.41, 5.74) is 3.93. The van der Waals surface area contributed by atoms with Gasteiger partial charge in [0, 0.05) is 6.20 Å². The highest BCUT2D eigenvalue weighted by molar-refractivity contribution is 5.89. The number of ether oxygens (including phenoxy) is 1. The lowest BCUT2D eigenvalue weighted by Crippen LogP contribution is -2.03. The molecule has 0 aliphatic carbocycles. The molecule has 0 saturated heterocycles. The largest absolute Gasteiger partial charge is 0.462 e. The average Bonchev–Trinajstić information content (AvgIpc) is 2.91. The first-order valence-corrected chi connectivity index (χ1v) is 7.73. The second kappa shape index (κ2) is 6.62. The van der Waals surface area contributed by atoms with E-state index in [0.717, 1.165) is 16.9 Å². The van der Waals surface area contributed by atoms with E-state index in [2.05, 4.69) is 15.2 Å². The van der Waals surface area contributed by atoms with E-state index in [9.17, 15) is 4.79 Å². The number of benzene rings is 1. The number of hydrogen-bond acceptors (Lipinski definition) is 5. The van der Waals surface area contributed by atoms with Crippen molar-refractivity contribution >= 4 is 23.1 Å². The highest BCUT2D eigenvalue weighted by Gasteiger charge is 2.09. The molecular weight excluding hydrogens is 304 g/mol. The zero-order chi connectivity index (χ0) is 17.1. The molecule has 6 heteroatoms. The third kappa shape index (κ3) is 3.03. The van der Waals surface area contributed by atoms with Crippen molar-refractivity contribution in [2.75, 3.05) is 6.61 Å². The standard InChI is InChI=1S/C18H18N4O2/c1-4-24-18(23)14-7-9-15(10-8-14)20-21-17-13(3)19-16-12(2)6-5-11-22(16)17/h5-11H,4H2,1-3H3. The number of rotatable bonds is 4. The van der Waals surface area contributed by atoms with Crippen LogP contribution < -0.4 is 0 Å². The van der Waals surface area contributed by atoms with Crippen molar-refractivity contribution in [1.29, 1.82) is 0 Å². The van der Waals surface area contributed by atoms with Gasteiger partial charge in [-0.2, -0.15) is 0 Å². The fourth-order valence-electron chi connectivity index (χ4n) is 2.41. The molecule has 0 amide bonds. The van der Waals surface area contributed by atoms with Gasteiger partial charge in [0.15, 0.2) is 5.82 Å². The molecule has 122 valence electrons. The number of aryl methyl sites for hydroxylation is 2. The lowest BCUT2D eigenvalue weighted by Gasteiger charge is -2.01. The monoisotopic (exact) mass is 322 g/mol. The van der Waals surface area contributed by atoms with Crippen LogP contribution in [0.2, 0.25) is 0 Å². The van der Waals surface area contributed by atoms with Gasteiger partial charge in [0.05, 0.1) is 23.6 Å². The second-order valence-corrected chi connectivity index (χ2v) is 5.37. The van der Waals surface area contributed by atoms with E-state index >= 15 is 0 Å². The lowest BCUT2D eigenvalue weighted by atomic mass is 10.2. The summed E-state index contributed by atoms with van der Waals surface area (Å²) in [7, 11) is 0. The van der Waals surface area contributed by atoms with Gasteiger partial charge >= 0.3 is 5.97 Å². The van der Waals surface area contributed by atoms with Crippen molar-refractivity contribution in [3.63, 3.8) is 0 Å². The molecule has 0 unspecified atom stereocenters. The molecule has 0 aliphatic heterocycles. The molecule has 0 bridgehead atoms. The van der Waals surface area contributed by atoms with Gasteiger partial charge in [0.1, 0.15) is 5.65 Å². The third-order valence-electron chi connectivity index (χ3n) is 3.63. The maximum atomic E-state index is 11.6. The smallest absolute Gasteiger partial charge is 0.338 e. The van der Waals surface area contributed by atoms with Gasteiger partial charge in [0.25, 0.3) is 0 Å². The number of hydrogen-bond donors (Lipinski definition) is 0. The Bertz CT molecular complexity index is 911. The van der Waals surface area contributed by atoms with Crippen LogP contribution in [0.5, 0.6) is 0 Å². The lowest BCUT2D eigenvalue weighted by molar-refractivity contribution is 0.0526. The predicted molar refractivity (Wildman–Crippen MR) is 91.2 cm³/mol. The number of fused-ring (bicyclic) bond motifs is 1. The van der Waals surface area contributed by atoms with Crippen molar-refractivity contribution in [3.05, 3.63) is 59.4 Å². The number of carbonyl (C=O) groups excluding carboxylic acids is 1. The summed E-state index contributed by atoms with van der Waals surface area (Å²) in [5, 5.41) is 8.57. The minimum absolute atomic E-state index is 0.339. The predicted octanol–water partition coefficient (Wildman–Crippen LogP) is 4.54. The summed E-state index contributed by atoms with van der Waals surface area (Å²) in [6.45, 7) is 6.05. The first-order valence-electron chi connectivity index (χ1n) is 7.73. The number of carbonyl (C=O) groups is 1. The summed E-state index contributed by atoms with van der Waals surface area (Å²) in [4.78, 5) is 16.2. The van der Waals surface area contributed by atoms with E-state index in [1.165, 1.54) is 0 Å². The molecule has 0 aliphatic rings. The topological polar surface area (TPSA) is 68.3 Å². The van der Waals surface area contributed by atoms with Crippen LogP contribution in [0, 0.1) is 13.8 Å². The Labute approximate surface area is 139 Å². The van der Waals surface area contributed by atoms with E-state index in [1.807, 2.05) is 36.6 Å². The summed E-state index contributed by atoms with van der Waals surface area (Å²) in [6.07, 6.45) is 1.92. The van der Waals surface area contributed by atoms with Crippen molar-refractivity contribution in [3.8, 4) is 0 Å². The summed E-state index contributed by atoms with van der Waals surface area (Å²) >= 11 is 0. The minimum Gasteiger partial charge on any atom is -0.462 e. The molecule has 2 heterocycles. The van der Waals surface area contributed by atoms with E-state index in [4.69, 9.17) is 4.74 Å². The molecule has 3 rings (SSSR count). The van der Waals surface area contributed by atoms with Gasteiger partial charge in [-0.25, -0.2) is 9.78 Å². The molecule has 2 aromatic heterocycles. The number of imidazole rings is 1. The Morgan fingerprint density at radius 2 is 1.92 bits per heavy atom.